The van der Waals surface area contributed by atoms with Crippen LogP contribution in [0.25, 0.3) is 0 Å². The number of aromatic nitrogens is 2. The number of anilines is 1. The molecule has 7 nitrogen and oxygen atoms in total. The predicted octanol–water partition coefficient (Wildman–Crippen LogP) is 0.347. The summed E-state index contributed by atoms with van der Waals surface area (Å²) in [4.78, 5) is 11.9. The molecular weight excluding hydrogens is 262 g/mol. The van der Waals surface area contributed by atoms with Gasteiger partial charge in [-0.25, -0.2) is 0 Å². The number of nitrogen functional groups attached to an aromatic ring is 1. The van der Waals surface area contributed by atoms with Gasteiger partial charge in [0.25, 0.3) is 0 Å². The van der Waals surface area contributed by atoms with Crippen molar-refractivity contribution in [1.82, 2.24) is 9.78 Å². The lowest BCUT2D eigenvalue weighted by Crippen LogP contribution is -2.44. The monoisotopic (exact) mass is 281 g/mol. The van der Waals surface area contributed by atoms with Gasteiger partial charge in [0.15, 0.2) is 0 Å². The summed E-state index contributed by atoms with van der Waals surface area (Å²) in [5.74, 6) is -0.297. The Kier molecular flexibility index (Phi) is 3.62. The average molecular weight is 281 g/mol. The zero-order chi connectivity index (χ0) is 14.0. The first kappa shape index (κ1) is 13.4. The molecule has 0 aliphatic carbocycles. The number of hydrogen-bond acceptors (Lipinski definition) is 6. The molecule has 20 heavy (non-hydrogen) atoms. The first-order chi connectivity index (χ1) is 9.65. The summed E-state index contributed by atoms with van der Waals surface area (Å²) in [6.07, 6.45) is 5.32. The number of hydrogen-bond donors (Lipinski definition) is 1. The van der Waals surface area contributed by atoms with Crippen molar-refractivity contribution in [3.8, 4) is 0 Å². The molecular formula is C13H19N3O4. The molecule has 0 radical (unpaired) electrons. The topological polar surface area (TPSA) is 88.6 Å². The summed E-state index contributed by atoms with van der Waals surface area (Å²) < 4.78 is 18.2. The van der Waals surface area contributed by atoms with Crippen LogP contribution in [0.2, 0.25) is 0 Å². The molecule has 0 bridgehead atoms. The van der Waals surface area contributed by atoms with Crippen molar-refractivity contribution in [1.29, 1.82) is 0 Å². The Balaban J connectivity index is 1.53. The summed E-state index contributed by atoms with van der Waals surface area (Å²) >= 11 is 0. The Hall–Kier alpha value is -1.60. The molecule has 2 atom stereocenters. The number of rotatable bonds is 3. The van der Waals surface area contributed by atoms with Gasteiger partial charge in [-0.3, -0.25) is 9.48 Å². The smallest absolute Gasteiger partial charge is 0.328 e. The lowest BCUT2D eigenvalue weighted by molar-refractivity contribution is -0.166. The predicted molar refractivity (Wildman–Crippen MR) is 69.9 cm³/mol. The SMILES string of the molecule is Nc1cnn(CC(=O)OC2CCOC3(CCOC3)C2)c1. The fourth-order valence-corrected chi connectivity index (χ4v) is 2.77. The normalized spacial score (nSPS) is 29.7. The highest BCUT2D eigenvalue weighted by molar-refractivity contribution is 5.69. The summed E-state index contributed by atoms with van der Waals surface area (Å²) in [5, 5.41) is 3.97. The van der Waals surface area contributed by atoms with E-state index in [-0.39, 0.29) is 24.2 Å². The standard InChI is InChI=1S/C13H19N3O4/c14-10-6-15-16(7-10)8-12(17)20-11-1-3-19-13(5-11)2-4-18-9-13/h6-7,11H,1-5,8-9,14H2. The van der Waals surface area contributed by atoms with Crippen LogP contribution < -0.4 is 5.73 Å². The van der Waals surface area contributed by atoms with Gasteiger partial charge in [-0.2, -0.15) is 5.10 Å². The lowest BCUT2D eigenvalue weighted by Gasteiger charge is -2.36. The minimum atomic E-state index is -0.297. The molecule has 110 valence electrons. The lowest BCUT2D eigenvalue weighted by atomic mass is 9.91. The van der Waals surface area contributed by atoms with Crippen LogP contribution in [0.4, 0.5) is 5.69 Å². The first-order valence-electron chi connectivity index (χ1n) is 6.84. The number of nitrogens with zero attached hydrogens (tertiary/aromatic N) is 2. The van der Waals surface area contributed by atoms with Gasteiger partial charge in [-0.15, -0.1) is 0 Å². The molecule has 7 heteroatoms. The van der Waals surface area contributed by atoms with E-state index in [1.165, 1.54) is 10.9 Å². The minimum Gasteiger partial charge on any atom is -0.461 e. The second kappa shape index (κ2) is 5.41. The second-order valence-electron chi connectivity index (χ2n) is 5.41. The van der Waals surface area contributed by atoms with Gasteiger partial charge in [-0.05, 0) is 0 Å². The van der Waals surface area contributed by atoms with Crippen LogP contribution in [-0.2, 0) is 25.5 Å². The van der Waals surface area contributed by atoms with Crippen molar-refractivity contribution < 1.29 is 19.0 Å². The number of esters is 1. The van der Waals surface area contributed by atoms with Crippen LogP contribution in [0, 0.1) is 0 Å². The summed E-state index contributed by atoms with van der Waals surface area (Å²) in [6, 6.07) is 0. The van der Waals surface area contributed by atoms with Crippen molar-refractivity contribution in [3.63, 3.8) is 0 Å². The fraction of sp³-hybridized carbons (Fsp3) is 0.692. The van der Waals surface area contributed by atoms with Gasteiger partial charge in [0.05, 0.1) is 30.7 Å². The molecule has 0 amide bonds. The van der Waals surface area contributed by atoms with Crippen LogP contribution >= 0.6 is 0 Å². The highest BCUT2D eigenvalue weighted by Crippen LogP contribution is 2.34. The van der Waals surface area contributed by atoms with E-state index < -0.39 is 0 Å². The maximum atomic E-state index is 11.9. The summed E-state index contributed by atoms with van der Waals surface area (Å²) in [5.41, 5.74) is 5.83. The van der Waals surface area contributed by atoms with Gasteiger partial charge in [0, 0.05) is 32.1 Å². The largest absolute Gasteiger partial charge is 0.461 e. The molecule has 2 N–H and O–H groups in total. The third-order valence-electron chi connectivity index (χ3n) is 3.76. The Morgan fingerprint density at radius 3 is 3.20 bits per heavy atom. The molecule has 0 saturated carbocycles. The van der Waals surface area contributed by atoms with Crippen LogP contribution in [0.5, 0.6) is 0 Å². The van der Waals surface area contributed by atoms with Gasteiger partial charge < -0.3 is 19.9 Å². The maximum absolute atomic E-state index is 11.9. The molecule has 2 fully saturated rings. The van der Waals surface area contributed by atoms with E-state index in [1.807, 2.05) is 0 Å². The van der Waals surface area contributed by atoms with E-state index in [0.717, 1.165) is 12.8 Å². The maximum Gasteiger partial charge on any atom is 0.328 e. The molecule has 0 aromatic carbocycles. The molecule has 2 unspecified atom stereocenters. The van der Waals surface area contributed by atoms with Crippen molar-refractivity contribution >= 4 is 11.7 Å². The van der Waals surface area contributed by atoms with E-state index >= 15 is 0 Å². The van der Waals surface area contributed by atoms with Crippen LogP contribution in [-0.4, -0.2) is 47.3 Å². The Labute approximate surface area is 117 Å². The quantitative estimate of drug-likeness (QED) is 0.804. The number of nitrogens with two attached hydrogens (primary N) is 1. The van der Waals surface area contributed by atoms with Gasteiger partial charge in [0.2, 0.25) is 0 Å². The second-order valence-corrected chi connectivity index (χ2v) is 5.41. The van der Waals surface area contributed by atoms with E-state index in [9.17, 15) is 4.79 Å². The van der Waals surface area contributed by atoms with E-state index in [4.69, 9.17) is 19.9 Å². The van der Waals surface area contributed by atoms with Gasteiger partial charge in [-0.1, -0.05) is 0 Å². The molecule has 2 aliphatic rings. The van der Waals surface area contributed by atoms with Crippen molar-refractivity contribution in [3.05, 3.63) is 12.4 Å². The summed E-state index contributed by atoms with van der Waals surface area (Å²) in [7, 11) is 0. The Bertz CT molecular complexity index is 482. The Morgan fingerprint density at radius 2 is 2.50 bits per heavy atom. The van der Waals surface area contributed by atoms with Gasteiger partial charge >= 0.3 is 5.97 Å². The molecule has 2 saturated heterocycles. The minimum absolute atomic E-state index is 0.0814. The van der Waals surface area contributed by atoms with E-state index in [0.29, 0.717) is 31.9 Å². The number of ether oxygens (including phenoxy) is 3. The molecule has 1 aromatic heterocycles. The molecule has 3 rings (SSSR count). The van der Waals surface area contributed by atoms with Gasteiger partial charge in [0.1, 0.15) is 12.6 Å². The summed E-state index contributed by atoms with van der Waals surface area (Å²) in [6.45, 7) is 2.00. The molecule has 3 heterocycles. The third kappa shape index (κ3) is 2.94. The molecule has 1 aromatic rings. The molecule has 2 aliphatic heterocycles. The van der Waals surface area contributed by atoms with Crippen LogP contribution in [0.15, 0.2) is 12.4 Å². The van der Waals surface area contributed by atoms with Crippen LogP contribution in [0.1, 0.15) is 19.3 Å². The third-order valence-corrected chi connectivity index (χ3v) is 3.76. The zero-order valence-corrected chi connectivity index (χ0v) is 11.3. The number of carbonyl (C=O) groups is 1. The van der Waals surface area contributed by atoms with Crippen molar-refractivity contribution in [2.75, 3.05) is 25.6 Å². The van der Waals surface area contributed by atoms with Crippen molar-refractivity contribution in [2.24, 2.45) is 0 Å². The van der Waals surface area contributed by atoms with Crippen molar-refractivity contribution in [2.45, 2.75) is 37.5 Å². The highest BCUT2D eigenvalue weighted by atomic mass is 16.6. The Morgan fingerprint density at radius 1 is 1.60 bits per heavy atom. The van der Waals surface area contributed by atoms with E-state index in [2.05, 4.69) is 5.10 Å². The van der Waals surface area contributed by atoms with Crippen LogP contribution in [0.3, 0.4) is 0 Å². The fourth-order valence-electron chi connectivity index (χ4n) is 2.77. The first-order valence-corrected chi connectivity index (χ1v) is 6.84. The zero-order valence-electron chi connectivity index (χ0n) is 11.3. The molecule has 1 spiro atoms. The average Bonchev–Trinajstić information content (AvgIpc) is 2.99. The van der Waals surface area contributed by atoms with E-state index in [1.54, 1.807) is 6.20 Å². The number of carbonyl (C=O) groups excluding carboxylic acids is 1. The highest BCUT2D eigenvalue weighted by Gasteiger charge is 2.42.